The molecule has 204 valence electrons. The van der Waals surface area contributed by atoms with E-state index in [1.165, 1.54) is 0 Å². The average Bonchev–Trinajstić information content (AvgIpc) is 2.79. The maximum Gasteiger partial charge on any atom is 0.222 e. The number of nitrogens with one attached hydrogen (secondary N) is 2. The van der Waals surface area contributed by atoms with Gasteiger partial charge in [-0.1, -0.05) is 39.8 Å². The predicted octanol–water partition coefficient (Wildman–Crippen LogP) is 3.11. The minimum absolute atomic E-state index is 0.0301. The summed E-state index contributed by atoms with van der Waals surface area (Å²) >= 11 is 1.08. The summed E-state index contributed by atoms with van der Waals surface area (Å²) in [5.41, 5.74) is 0. The van der Waals surface area contributed by atoms with Crippen molar-refractivity contribution in [1.82, 2.24) is 10.6 Å². The van der Waals surface area contributed by atoms with Gasteiger partial charge >= 0.3 is 0 Å². The number of thiocyanates is 1. The van der Waals surface area contributed by atoms with Gasteiger partial charge in [-0.05, 0) is 24.6 Å². The maximum absolute atomic E-state index is 11.7. The first-order valence-electron chi connectivity index (χ1n) is 12.5. The van der Waals surface area contributed by atoms with Gasteiger partial charge < -0.3 is 34.3 Å². The monoisotopic (exact) mass is 517 g/mol. The molecule has 10 heteroatoms. The molecule has 0 aromatic heterocycles. The van der Waals surface area contributed by atoms with Crippen LogP contribution in [-0.4, -0.2) is 89.4 Å². The number of nitrogens with zero attached hydrogens (tertiary/aromatic N) is 1. The molecule has 0 bridgehead atoms. The van der Waals surface area contributed by atoms with Gasteiger partial charge in [0.2, 0.25) is 5.91 Å². The number of amides is 1. The summed E-state index contributed by atoms with van der Waals surface area (Å²) in [6, 6.07) is 0.454. The zero-order valence-electron chi connectivity index (χ0n) is 22.3. The molecule has 0 aromatic carbocycles. The van der Waals surface area contributed by atoms with Crippen LogP contribution in [0.15, 0.2) is 12.2 Å². The molecule has 0 heterocycles. The van der Waals surface area contributed by atoms with E-state index in [0.29, 0.717) is 90.8 Å². The molecular weight excluding hydrogens is 470 g/mol. The molecule has 0 aliphatic rings. The lowest BCUT2D eigenvalue weighted by atomic mass is 10.2. The molecular formula is C25H47N3O6S. The van der Waals surface area contributed by atoms with Crippen LogP contribution in [0.3, 0.4) is 0 Å². The third-order valence-electron chi connectivity index (χ3n) is 4.55. The third kappa shape index (κ3) is 24.3. The SMILES string of the molecule is CC(C)/C=C/CNC(=O)CCOCCOCCOC(C)(CCOCCOCCNC(C)C)SC#N. The standard InChI is InChI=1S/C25H47N3O6S/c1-22(2)7-6-10-28-24(29)8-12-30-15-18-33-19-20-34-25(5,35-21-26)9-13-31-16-17-32-14-11-27-23(3)4/h6-7,22-23,27H,8-20H2,1-5H3,(H,28,29)/b7-6+. The molecule has 0 rings (SSSR count). The Morgan fingerprint density at radius 2 is 1.54 bits per heavy atom. The molecule has 1 unspecified atom stereocenters. The molecule has 0 saturated heterocycles. The van der Waals surface area contributed by atoms with E-state index in [1.54, 1.807) is 0 Å². The van der Waals surface area contributed by atoms with E-state index < -0.39 is 4.93 Å². The lowest BCUT2D eigenvalue weighted by molar-refractivity contribution is -0.122. The lowest BCUT2D eigenvalue weighted by Crippen LogP contribution is -2.28. The van der Waals surface area contributed by atoms with Crippen molar-refractivity contribution >= 4 is 17.7 Å². The molecule has 1 amide bonds. The van der Waals surface area contributed by atoms with Gasteiger partial charge in [-0.2, -0.15) is 5.26 Å². The number of hydrogen-bond donors (Lipinski definition) is 2. The number of thioether (sulfide) groups is 1. The fourth-order valence-electron chi connectivity index (χ4n) is 2.65. The van der Waals surface area contributed by atoms with E-state index in [0.717, 1.165) is 18.3 Å². The van der Waals surface area contributed by atoms with Crippen LogP contribution in [0, 0.1) is 16.6 Å². The Kier molecular flexibility index (Phi) is 22.4. The quantitative estimate of drug-likeness (QED) is 0.0863. The molecule has 0 fully saturated rings. The molecule has 0 saturated carbocycles. The van der Waals surface area contributed by atoms with Gasteiger partial charge in [0.05, 0.1) is 59.5 Å². The molecule has 1 atom stereocenters. The minimum Gasteiger partial charge on any atom is -0.379 e. The smallest absolute Gasteiger partial charge is 0.222 e. The number of rotatable bonds is 24. The Balaban J connectivity index is 3.70. The topological polar surface area (TPSA) is 111 Å². The van der Waals surface area contributed by atoms with Crippen molar-refractivity contribution in [3.8, 4) is 5.40 Å². The van der Waals surface area contributed by atoms with Gasteiger partial charge in [-0.3, -0.25) is 4.79 Å². The molecule has 0 radical (unpaired) electrons. The molecule has 35 heavy (non-hydrogen) atoms. The first-order valence-corrected chi connectivity index (χ1v) is 13.3. The van der Waals surface area contributed by atoms with Crippen LogP contribution in [0.2, 0.25) is 0 Å². The molecule has 9 nitrogen and oxygen atoms in total. The first kappa shape index (κ1) is 33.8. The van der Waals surface area contributed by atoms with Crippen LogP contribution in [0.25, 0.3) is 0 Å². The third-order valence-corrected chi connectivity index (χ3v) is 5.40. The number of carbonyl (C=O) groups is 1. The Labute approximate surface area is 216 Å². The first-order chi connectivity index (χ1) is 16.8. The fourth-order valence-corrected chi connectivity index (χ4v) is 3.17. The normalized spacial score (nSPS) is 13.4. The van der Waals surface area contributed by atoms with Gasteiger partial charge in [0, 0.05) is 32.0 Å². The zero-order valence-corrected chi connectivity index (χ0v) is 23.1. The van der Waals surface area contributed by atoms with Crippen molar-refractivity contribution in [2.45, 2.75) is 58.4 Å². The Morgan fingerprint density at radius 1 is 0.943 bits per heavy atom. The highest BCUT2D eigenvalue weighted by atomic mass is 32.2. The Hall–Kier alpha value is -1.19. The second kappa shape index (κ2) is 23.2. The van der Waals surface area contributed by atoms with Crippen LogP contribution >= 0.6 is 11.8 Å². The van der Waals surface area contributed by atoms with Crippen LogP contribution in [0.5, 0.6) is 0 Å². The summed E-state index contributed by atoms with van der Waals surface area (Å²) in [6.07, 6.45) is 4.92. The number of allylic oxidation sites excluding steroid dienone is 1. The largest absolute Gasteiger partial charge is 0.379 e. The van der Waals surface area contributed by atoms with E-state index in [9.17, 15) is 4.79 Å². The number of hydrogen-bond acceptors (Lipinski definition) is 9. The van der Waals surface area contributed by atoms with E-state index in [-0.39, 0.29) is 5.91 Å². The Morgan fingerprint density at radius 3 is 2.17 bits per heavy atom. The zero-order chi connectivity index (χ0) is 26.2. The van der Waals surface area contributed by atoms with Gasteiger partial charge in [-0.15, -0.1) is 0 Å². The van der Waals surface area contributed by atoms with E-state index >= 15 is 0 Å². The summed E-state index contributed by atoms with van der Waals surface area (Å²) in [4.78, 5) is 11.0. The van der Waals surface area contributed by atoms with Gasteiger partial charge in [0.1, 0.15) is 10.3 Å². The van der Waals surface area contributed by atoms with Crippen LogP contribution < -0.4 is 10.6 Å². The van der Waals surface area contributed by atoms with Crippen LogP contribution in [0.1, 0.15) is 47.5 Å². The Bertz CT molecular complexity index is 586. The molecule has 0 aliphatic carbocycles. The van der Waals surface area contributed by atoms with Gasteiger partial charge in [0.25, 0.3) is 0 Å². The summed E-state index contributed by atoms with van der Waals surface area (Å²) in [5.74, 6) is 0.448. The molecule has 0 aliphatic heterocycles. The number of nitriles is 1. The van der Waals surface area contributed by atoms with E-state index in [4.69, 9.17) is 28.9 Å². The van der Waals surface area contributed by atoms with Crippen molar-refractivity contribution in [1.29, 1.82) is 5.26 Å². The van der Waals surface area contributed by atoms with Crippen molar-refractivity contribution in [3.05, 3.63) is 12.2 Å². The molecule has 0 spiro atoms. The summed E-state index contributed by atoms with van der Waals surface area (Å²) < 4.78 is 27.9. The van der Waals surface area contributed by atoms with Crippen molar-refractivity contribution in [3.63, 3.8) is 0 Å². The fraction of sp³-hybridized carbons (Fsp3) is 0.840. The highest BCUT2D eigenvalue weighted by Gasteiger charge is 2.26. The van der Waals surface area contributed by atoms with Crippen LogP contribution in [0.4, 0.5) is 0 Å². The molecule has 0 aromatic rings. The van der Waals surface area contributed by atoms with E-state index in [1.807, 2.05) is 13.0 Å². The van der Waals surface area contributed by atoms with E-state index in [2.05, 4.69) is 49.8 Å². The minimum atomic E-state index is -0.658. The second-order valence-corrected chi connectivity index (χ2v) is 9.96. The van der Waals surface area contributed by atoms with Crippen molar-refractivity contribution in [2.75, 3.05) is 72.6 Å². The average molecular weight is 518 g/mol. The second-order valence-electron chi connectivity index (χ2n) is 8.71. The summed E-state index contributed by atoms with van der Waals surface area (Å²) in [7, 11) is 0. The predicted molar refractivity (Wildman–Crippen MR) is 140 cm³/mol. The highest BCUT2D eigenvalue weighted by Crippen LogP contribution is 2.29. The summed E-state index contributed by atoms with van der Waals surface area (Å²) in [5, 5.41) is 17.3. The summed E-state index contributed by atoms with van der Waals surface area (Å²) in [6.45, 7) is 15.8. The maximum atomic E-state index is 11.7. The number of ether oxygens (including phenoxy) is 5. The lowest BCUT2D eigenvalue weighted by Gasteiger charge is -2.26. The number of carbonyl (C=O) groups excluding carboxylic acids is 1. The van der Waals surface area contributed by atoms with Gasteiger partial charge in [0.15, 0.2) is 0 Å². The van der Waals surface area contributed by atoms with Crippen molar-refractivity contribution < 1.29 is 28.5 Å². The molecule has 2 N–H and O–H groups in total. The van der Waals surface area contributed by atoms with Gasteiger partial charge in [-0.25, -0.2) is 0 Å². The van der Waals surface area contributed by atoms with Crippen LogP contribution in [-0.2, 0) is 28.5 Å². The van der Waals surface area contributed by atoms with Crippen molar-refractivity contribution in [2.24, 2.45) is 5.92 Å². The highest BCUT2D eigenvalue weighted by molar-refractivity contribution is 8.04.